The molecule has 0 radical (unpaired) electrons. The van der Waals surface area contributed by atoms with Gasteiger partial charge in [-0.25, -0.2) is 0 Å². The summed E-state index contributed by atoms with van der Waals surface area (Å²) in [7, 11) is 0. The Hall–Kier alpha value is -0.860. The first-order valence-corrected chi connectivity index (χ1v) is 6.68. The molecule has 2 atom stereocenters. The molecule has 0 aromatic heterocycles. The fraction of sp³-hybridized carbons (Fsp3) is 0.600. The van der Waals surface area contributed by atoms with Gasteiger partial charge in [0.15, 0.2) is 0 Å². The van der Waals surface area contributed by atoms with Crippen LogP contribution >= 0.6 is 0 Å². The van der Waals surface area contributed by atoms with Gasteiger partial charge in [0.05, 0.1) is 6.61 Å². The SMILES string of the molecule is CC[C@H](CO)NC(c1ccc(C)cc1)C1CC1. The molecule has 1 fully saturated rings. The largest absolute Gasteiger partial charge is 0.395 e. The minimum absolute atomic E-state index is 0.224. The maximum Gasteiger partial charge on any atom is 0.0584 e. The standard InChI is InChI=1S/C15H23NO/c1-3-14(10-17)16-15(13-8-9-13)12-6-4-11(2)5-7-12/h4-7,13-17H,3,8-10H2,1-2H3/t14-,15?/m1/s1. The monoisotopic (exact) mass is 233 g/mol. The van der Waals surface area contributed by atoms with Crippen LogP contribution < -0.4 is 5.32 Å². The Labute approximate surface area is 104 Å². The second-order valence-corrected chi connectivity index (χ2v) is 5.18. The molecule has 1 unspecified atom stereocenters. The highest BCUT2D eigenvalue weighted by atomic mass is 16.3. The lowest BCUT2D eigenvalue weighted by atomic mass is 10.00. The van der Waals surface area contributed by atoms with E-state index < -0.39 is 0 Å². The molecule has 0 saturated heterocycles. The number of nitrogens with one attached hydrogen (secondary N) is 1. The van der Waals surface area contributed by atoms with E-state index in [0.29, 0.717) is 6.04 Å². The number of aliphatic hydroxyl groups is 1. The topological polar surface area (TPSA) is 32.3 Å². The summed E-state index contributed by atoms with van der Waals surface area (Å²) in [5.74, 6) is 0.762. The van der Waals surface area contributed by atoms with Gasteiger partial charge in [-0.2, -0.15) is 0 Å². The maximum absolute atomic E-state index is 9.31. The molecule has 0 aliphatic heterocycles. The number of aryl methyl sites for hydroxylation is 1. The average molecular weight is 233 g/mol. The van der Waals surface area contributed by atoms with Gasteiger partial charge in [0.1, 0.15) is 0 Å². The van der Waals surface area contributed by atoms with Crippen molar-refractivity contribution in [2.75, 3.05) is 6.61 Å². The Morgan fingerprint density at radius 2 is 1.94 bits per heavy atom. The Bertz CT molecular complexity index is 338. The molecule has 2 N–H and O–H groups in total. The third-order valence-electron chi connectivity index (χ3n) is 3.66. The second kappa shape index (κ2) is 5.65. The summed E-state index contributed by atoms with van der Waals surface area (Å²) >= 11 is 0. The minimum Gasteiger partial charge on any atom is -0.395 e. The van der Waals surface area contributed by atoms with E-state index in [9.17, 15) is 5.11 Å². The normalized spacial score (nSPS) is 19.0. The molecule has 0 bridgehead atoms. The molecule has 17 heavy (non-hydrogen) atoms. The lowest BCUT2D eigenvalue weighted by Crippen LogP contribution is -2.36. The van der Waals surface area contributed by atoms with Crippen LogP contribution in [0.25, 0.3) is 0 Å². The van der Waals surface area contributed by atoms with Crippen molar-refractivity contribution >= 4 is 0 Å². The molecule has 2 nitrogen and oxygen atoms in total. The van der Waals surface area contributed by atoms with Crippen molar-refractivity contribution in [3.63, 3.8) is 0 Å². The Balaban J connectivity index is 2.08. The molecule has 1 saturated carbocycles. The molecule has 1 aliphatic carbocycles. The third kappa shape index (κ3) is 3.30. The van der Waals surface area contributed by atoms with Crippen molar-refractivity contribution < 1.29 is 5.11 Å². The fourth-order valence-electron chi connectivity index (χ4n) is 2.26. The van der Waals surface area contributed by atoms with Crippen molar-refractivity contribution in [3.8, 4) is 0 Å². The first-order valence-electron chi connectivity index (χ1n) is 6.68. The van der Waals surface area contributed by atoms with Crippen LogP contribution in [0.15, 0.2) is 24.3 Å². The fourth-order valence-corrected chi connectivity index (χ4v) is 2.26. The number of aliphatic hydroxyl groups excluding tert-OH is 1. The molecule has 0 amide bonds. The van der Waals surface area contributed by atoms with Crippen molar-refractivity contribution in [3.05, 3.63) is 35.4 Å². The number of hydrogen-bond donors (Lipinski definition) is 2. The van der Waals surface area contributed by atoms with Crippen LogP contribution in [0.5, 0.6) is 0 Å². The molecule has 0 spiro atoms. The lowest BCUT2D eigenvalue weighted by Gasteiger charge is -2.24. The summed E-state index contributed by atoms with van der Waals surface area (Å²) < 4.78 is 0. The molecular formula is C15H23NO. The third-order valence-corrected chi connectivity index (χ3v) is 3.66. The van der Waals surface area contributed by atoms with Gasteiger partial charge in [0, 0.05) is 12.1 Å². The summed E-state index contributed by atoms with van der Waals surface area (Å²) in [5, 5.41) is 12.9. The van der Waals surface area contributed by atoms with E-state index in [2.05, 4.69) is 43.4 Å². The van der Waals surface area contributed by atoms with E-state index in [1.807, 2.05) is 0 Å². The van der Waals surface area contributed by atoms with Gasteiger partial charge in [0.25, 0.3) is 0 Å². The van der Waals surface area contributed by atoms with Gasteiger partial charge in [-0.15, -0.1) is 0 Å². The molecular weight excluding hydrogens is 210 g/mol. The number of hydrogen-bond acceptors (Lipinski definition) is 2. The summed E-state index contributed by atoms with van der Waals surface area (Å²) in [4.78, 5) is 0. The highest BCUT2D eigenvalue weighted by molar-refractivity contribution is 5.25. The summed E-state index contributed by atoms with van der Waals surface area (Å²) in [6.45, 7) is 4.46. The Morgan fingerprint density at radius 3 is 2.41 bits per heavy atom. The predicted octanol–water partition coefficient (Wildman–Crippen LogP) is 2.81. The Kier molecular flexibility index (Phi) is 4.19. The zero-order chi connectivity index (χ0) is 12.3. The highest BCUT2D eigenvalue weighted by Crippen LogP contribution is 2.41. The maximum atomic E-state index is 9.31. The van der Waals surface area contributed by atoms with E-state index in [-0.39, 0.29) is 12.6 Å². The van der Waals surface area contributed by atoms with Crippen LogP contribution in [-0.2, 0) is 0 Å². The molecule has 1 aromatic carbocycles. The first-order chi connectivity index (χ1) is 8.24. The highest BCUT2D eigenvalue weighted by Gasteiger charge is 2.33. The lowest BCUT2D eigenvalue weighted by molar-refractivity contribution is 0.223. The van der Waals surface area contributed by atoms with Crippen LogP contribution in [0.3, 0.4) is 0 Å². The van der Waals surface area contributed by atoms with Crippen molar-refractivity contribution in [2.45, 2.75) is 45.2 Å². The van der Waals surface area contributed by atoms with E-state index in [1.165, 1.54) is 24.0 Å². The smallest absolute Gasteiger partial charge is 0.0584 e. The quantitative estimate of drug-likeness (QED) is 0.792. The summed E-state index contributed by atoms with van der Waals surface area (Å²) in [6.07, 6.45) is 3.60. The van der Waals surface area contributed by atoms with E-state index >= 15 is 0 Å². The van der Waals surface area contributed by atoms with E-state index in [0.717, 1.165) is 12.3 Å². The first kappa shape index (κ1) is 12.6. The summed E-state index contributed by atoms with van der Waals surface area (Å²) in [5.41, 5.74) is 2.67. The van der Waals surface area contributed by atoms with E-state index in [4.69, 9.17) is 0 Å². The number of benzene rings is 1. The molecule has 2 rings (SSSR count). The summed E-state index contributed by atoms with van der Waals surface area (Å²) in [6, 6.07) is 9.43. The van der Waals surface area contributed by atoms with Crippen LogP contribution in [0, 0.1) is 12.8 Å². The molecule has 1 aromatic rings. The molecule has 2 heteroatoms. The van der Waals surface area contributed by atoms with Crippen molar-refractivity contribution in [1.29, 1.82) is 0 Å². The van der Waals surface area contributed by atoms with E-state index in [1.54, 1.807) is 0 Å². The van der Waals surface area contributed by atoms with Crippen molar-refractivity contribution in [2.24, 2.45) is 5.92 Å². The van der Waals surface area contributed by atoms with Crippen LogP contribution in [0.1, 0.15) is 43.4 Å². The van der Waals surface area contributed by atoms with Crippen LogP contribution in [0.4, 0.5) is 0 Å². The van der Waals surface area contributed by atoms with Gasteiger partial charge >= 0.3 is 0 Å². The Morgan fingerprint density at radius 1 is 1.29 bits per heavy atom. The zero-order valence-electron chi connectivity index (χ0n) is 10.8. The molecule has 94 valence electrons. The molecule has 1 aliphatic rings. The van der Waals surface area contributed by atoms with Crippen molar-refractivity contribution in [1.82, 2.24) is 5.32 Å². The number of rotatable bonds is 6. The zero-order valence-corrected chi connectivity index (χ0v) is 10.8. The van der Waals surface area contributed by atoms with Gasteiger partial charge in [-0.1, -0.05) is 36.8 Å². The van der Waals surface area contributed by atoms with Gasteiger partial charge in [0.2, 0.25) is 0 Å². The minimum atomic E-state index is 0.224. The van der Waals surface area contributed by atoms with Gasteiger partial charge in [-0.05, 0) is 37.7 Å². The molecule has 0 heterocycles. The van der Waals surface area contributed by atoms with Gasteiger partial charge in [-0.3, -0.25) is 0 Å². The predicted molar refractivity (Wildman–Crippen MR) is 70.9 cm³/mol. The van der Waals surface area contributed by atoms with Crippen LogP contribution in [-0.4, -0.2) is 17.8 Å². The second-order valence-electron chi connectivity index (χ2n) is 5.18. The van der Waals surface area contributed by atoms with Crippen LogP contribution in [0.2, 0.25) is 0 Å². The van der Waals surface area contributed by atoms with Gasteiger partial charge < -0.3 is 10.4 Å². The average Bonchev–Trinajstić information content (AvgIpc) is 3.17.